The van der Waals surface area contributed by atoms with E-state index in [0.29, 0.717) is 17.7 Å². The van der Waals surface area contributed by atoms with E-state index in [9.17, 15) is 13.2 Å². The fourth-order valence-corrected chi connectivity index (χ4v) is 2.91. The van der Waals surface area contributed by atoms with Crippen LogP contribution in [0.25, 0.3) is 0 Å². The summed E-state index contributed by atoms with van der Waals surface area (Å²) in [6, 6.07) is 1.75. The van der Waals surface area contributed by atoms with Gasteiger partial charge in [0.05, 0.1) is 24.1 Å². The molecule has 2 N–H and O–H groups in total. The predicted molar refractivity (Wildman–Crippen MR) is 111 cm³/mol. The van der Waals surface area contributed by atoms with Crippen LogP contribution in [-0.4, -0.2) is 41.2 Å². The molecular formula is C18H23ClF3N9. The maximum Gasteiger partial charge on any atom is 0.421 e. The van der Waals surface area contributed by atoms with Crippen molar-refractivity contribution >= 4 is 30.0 Å². The zero-order valence-corrected chi connectivity index (χ0v) is 17.3. The van der Waals surface area contributed by atoms with E-state index in [1.54, 1.807) is 16.1 Å². The van der Waals surface area contributed by atoms with E-state index in [2.05, 4.69) is 30.6 Å². The van der Waals surface area contributed by atoms with Crippen molar-refractivity contribution in [3.8, 4) is 0 Å². The zero-order chi connectivity index (χ0) is 25.8. The Labute approximate surface area is 189 Å². The minimum absolute atomic E-state index is 0. The molecule has 0 aliphatic heterocycles. The molecule has 9 nitrogen and oxygen atoms in total. The molecule has 4 rings (SSSR count). The van der Waals surface area contributed by atoms with Gasteiger partial charge in [0.2, 0.25) is 5.95 Å². The molecular weight excluding hydrogens is 435 g/mol. The Morgan fingerprint density at radius 1 is 1.26 bits per heavy atom. The SMILES string of the molecule is Cl.[2H]C([2H])([2H])C([2H])([2H])Nc1nc(Nc2cc(C(C)(C)n3nccn3)nn2C2CC2)ncc1C(F)(F)F. The van der Waals surface area contributed by atoms with Gasteiger partial charge in [0.25, 0.3) is 0 Å². The predicted octanol–water partition coefficient (Wildman–Crippen LogP) is 4.00. The first-order valence-corrected chi connectivity index (χ1v) is 9.06. The van der Waals surface area contributed by atoms with Gasteiger partial charge in [-0.05, 0) is 33.5 Å². The van der Waals surface area contributed by atoms with Crippen LogP contribution in [0, 0.1) is 0 Å². The summed E-state index contributed by atoms with van der Waals surface area (Å²) in [5, 5.41) is 17.6. The van der Waals surface area contributed by atoms with Crippen LogP contribution in [0.5, 0.6) is 0 Å². The highest BCUT2D eigenvalue weighted by Crippen LogP contribution is 2.39. The van der Waals surface area contributed by atoms with E-state index >= 15 is 0 Å². The summed E-state index contributed by atoms with van der Waals surface area (Å²) in [5.41, 5.74) is -1.57. The minimum Gasteiger partial charge on any atom is -0.370 e. The molecule has 31 heavy (non-hydrogen) atoms. The fraction of sp³-hybridized carbons (Fsp3) is 0.500. The van der Waals surface area contributed by atoms with Crippen molar-refractivity contribution in [2.45, 2.75) is 51.3 Å². The molecule has 13 heteroatoms. The Balaban J connectivity index is 0.00000361. The zero-order valence-electron chi connectivity index (χ0n) is 21.5. The van der Waals surface area contributed by atoms with E-state index in [1.165, 1.54) is 17.2 Å². The fourth-order valence-electron chi connectivity index (χ4n) is 2.91. The first kappa shape index (κ1) is 16.8. The molecule has 1 aliphatic carbocycles. The molecule has 0 saturated heterocycles. The molecule has 0 aromatic carbocycles. The summed E-state index contributed by atoms with van der Waals surface area (Å²) in [6.45, 7) is -2.73. The van der Waals surface area contributed by atoms with Crippen molar-refractivity contribution < 1.29 is 20.0 Å². The molecule has 3 aromatic rings. The second-order valence-corrected chi connectivity index (χ2v) is 7.30. The molecule has 1 aliphatic rings. The summed E-state index contributed by atoms with van der Waals surface area (Å²) in [6.07, 6.45) is 0.285. The van der Waals surface area contributed by atoms with Crippen molar-refractivity contribution in [3.63, 3.8) is 0 Å². The lowest BCUT2D eigenvalue weighted by atomic mass is 10.0. The van der Waals surface area contributed by atoms with Crippen LogP contribution in [-0.2, 0) is 11.7 Å². The Morgan fingerprint density at radius 2 is 1.97 bits per heavy atom. The van der Waals surface area contributed by atoms with Crippen molar-refractivity contribution in [1.29, 1.82) is 0 Å². The van der Waals surface area contributed by atoms with Crippen LogP contribution >= 0.6 is 12.4 Å². The number of anilines is 3. The van der Waals surface area contributed by atoms with Crippen LogP contribution in [0.15, 0.2) is 24.7 Å². The topological polar surface area (TPSA) is 98.4 Å². The van der Waals surface area contributed by atoms with E-state index < -0.39 is 36.4 Å². The molecule has 168 valence electrons. The normalized spacial score (nSPS) is 17.5. The van der Waals surface area contributed by atoms with E-state index in [-0.39, 0.29) is 24.4 Å². The Bertz CT molecular complexity index is 1210. The number of hydrogen-bond acceptors (Lipinski definition) is 7. The van der Waals surface area contributed by atoms with Crippen molar-refractivity contribution in [2.24, 2.45) is 0 Å². The molecule has 1 fully saturated rings. The summed E-state index contributed by atoms with van der Waals surface area (Å²) in [5.74, 6) is -0.910. The van der Waals surface area contributed by atoms with E-state index in [1.807, 2.05) is 13.8 Å². The standard InChI is InChI=1S/C18H22F3N9.ClH/c1-4-22-15-12(18(19,20)21)10-23-16(27-15)26-14-9-13(28-29(14)11-5-6-11)17(2,3)30-24-7-8-25-30;/h7-11H,4-6H2,1-3H3,(H2,22,23,26,27);1H/i1D3,4D2;. The van der Waals surface area contributed by atoms with Crippen LogP contribution in [0.2, 0.25) is 0 Å². The average Bonchev–Trinajstić information content (AvgIpc) is 3.22. The molecule has 1 saturated carbocycles. The number of nitrogens with one attached hydrogen (secondary N) is 2. The third-order valence-electron chi connectivity index (χ3n) is 4.69. The van der Waals surface area contributed by atoms with Crippen molar-refractivity contribution in [3.05, 3.63) is 35.9 Å². The van der Waals surface area contributed by atoms with E-state index in [0.717, 1.165) is 12.8 Å². The Hall–Kier alpha value is -2.89. The molecule has 0 atom stereocenters. The lowest BCUT2D eigenvalue weighted by Gasteiger charge is -2.20. The van der Waals surface area contributed by atoms with Gasteiger partial charge in [-0.25, -0.2) is 9.67 Å². The maximum atomic E-state index is 13.5. The van der Waals surface area contributed by atoms with Gasteiger partial charge in [0.15, 0.2) is 0 Å². The molecule has 0 amide bonds. The lowest BCUT2D eigenvalue weighted by molar-refractivity contribution is -0.137. The maximum absolute atomic E-state index is 13.5. The summed E-state index contributed by atoms with van der Waals surface area (Å²) < 4.78 is 79.3. The number of nitrogens with zero attached hydrogens (tertiary/aromatic N) is 7. The molecule has 0 bridgehead atoms. The van der Waals surface area contributed by atoms with Gasteiger partial charge >= 0.3 is 6.18 Å². The number of alkyl halides is 3. The van der Waals surface area contributed by atoms with Gasteiger partial charge in [0.1, 0.15) is 22.7 Å². The molecule has 0 radical (unpaired) electrons. The monoisotopic (exact) mass is 462 g/mol. The second-order valence-electron chi connectivity index (χ2n) is 7.30. The highest BCUT2D eigenvalue weighted by Gasteiger charge is 2.36. The molecule has 3 heterocycles. The third kappa shape index (κ3) is 4.58. The summed E-state index contributed by atoms with van der Waals surface area (Å²) >= 11 is 0. The molecule has 0 unspecified atom stereocenters. The van der Waals surface area contributed by atoms with Gasteiger partial charge in [-0.3, -0.25) is 0 Å². The minimum atomic E-state index is -4.95. The van der Waals surface area contributed by atoms with Crippen molar-refractivity contribution in [1.82, 2.24) is 34.7 Å². The van der Waals surface area contributed by atoms with Gasteiger partial charge in [-0.2, -0.15) is 38.2 Å². The number of halogens is 4. The van der Waals surface area contributed by atoms with Gasteiger partial charge in [-0.1, -0.05) is 0 Å². The first-order chi connectivity index (χ1) is 16.1. The number of hydrogen-bond donors (Lipinski definition) is 2. The smallest absolute Gasteiger partial charge is 0.370 e. The molecule has 3 aromatic heterocycles. The quantitative estimate of drug-likeness (QED) is 0.547. The Kier molecular flexibility index (Phi) is 4.50. The largest absolute Gasteiger partial charge is 0.421 e. The second kappa shape index (κ2) is 8.33. The van der Waals surface area contributed by atoms with E-state index in [4.69, 9.17) is 6.85 Å². The Morgan fingerprint density at radius 3 is 2.58 bits per heavy atom. The van der Waals surface area contributed by atoms with Crippen LogP contribution in [0.3, 0.4) is 0 Å². The average molecular weight is 463 g/mol. The molecule has 0 spiro atoms. The van der Waals surface area contributed by atoms with Gasteiger partial charge in [-0.15, -0.1) is 12.4 Å². The number of rotatable bonds is 7. The van der Waals surface area contributed by atoms with Crippen LogP contribution < -0.4 is 10.6 Å². The third-order valence-corrected chi connectivity index (χ3v) is 4.69. The first-order valence-electron chi connectivity index (χ1n) is 11.6. The van der Waals surface area contributed by atoms with Gasteiger partial charge < -0.3 is 10.6 Å². The van der Waals surface area contributed by atoms with Crippen LogP contribution in [0.4, 0.5) is 30.8 Å². The summed E-state index contributed by atoms with van der Waals surface area (Å²) in [4.78, 5) is 8.96. The highest BCUT2D eigenvalue weighted by atomic mass is 35.5. The van der Waals surface area contributed by atoms with Crippen molar-refractivity contribution in [2.75, 3.05) is 17.1 Å². The van der Waals surface area contributed by atoms with Gasteiger partial charge in [0, 0.05) is 25.6 Å². The summed E-state index contributed by atoms with van der Waals surface area (Å²) in [7, 11) is 0. The number of aromatic nitrogens is 7. The highest BCUT2D eigenvalue weighted by molar-refractivity contribution is 5.85. The lowest BCUT2D eigenvalue weighted by Crippen LogP contribution is -2.30. The van der Waals surface area contributed by atoms with Crippen LogP contribution in [0.1, 0.15) is 57.7 Å².